The molecule has 11 heteroatoms. The molecule has 1 aromatic rings. The molecule has 1 aliphatic rings. The normalized spacial score (nSPS) is 19.3. The maximum Gasteiger partial charge on any atom is 0.401 e. The molecule has 27 heavy (non-hydrogen) atoms. The smallest absolute Gasteiger partial charge is 0.357 e. The van der Waals surface area contributed by atoms with Crippen LogP contribution < -0.4 is 15.8 Å². The van der Waals surface area contributed by atoms with Gasteiger partial charge in [0.05, 0.1) is 18.0 Å². The largest absolute Gasteiger partial charge is 0.401 e. The van der Waals surface area contributed by atoms with Gasteiger partial charge < -0.3 is 10.6 Å². The van der Waals surface area contributed by atoms with Gasteiger partial charge in [-0.2, -0.15) is 13.2 Å². The quantitative estimate of drug-likeness (QED) is 0.483. The molecule has 2 rings (SSSR count). The number of hydrogen-bond acceptors (Lipinski definition) is 4. The van der Waals surface area contributed by atoms with E-state index in [0.717, 1.165) is 5.56 Å². The first-order chi connectivity index (χ1) is 12.6. The third-order valence-corrected chi connectivity index (χ3v) is 4.96. The Morgan fingerprint density at radius 2 is 2.00 bits per heavy atom. The van der Waals surface area contributed by atoms with E-state index in [2.05, 4.69) is 15.6 Å². The summed E-state index contributed by atoms with van der Waals surface area (Å²) < 4.78 is 60.0. The van der Waals surface area contributed by atoms with Crippen molar-refractivity contribution in [1.29, 1.82) is 0 Å². The summed E-state index contributed by atoms with van der Waals surface area (Å²) in [6.07, 6.45) is -3.60. The van der Waals surface area contributed by atoms with E-state index in [-0.39, 0.29) is 10.9 Å². The van der Waals surface area contributed by atoms with Crippen molar-refractivity contribution in [2.45, 2.75) is 37.0 Å². The lowest BCUT2D eigenvalue weighted by Crippen LogP contribution is -2.45. The fourth-order valence-corrected chi connectivity index (χ4v) is 3.33. The summed E-state index contributed by atoms with van der Waals surface area (Å²) in [4.78, 5) is 5.80. The lowest BCUT2D eigenvalue weighted by Gasteiger charge is -2.19. The van der Waals surface area contributed by atoms with Gasteiger partial charge in [0.15, 0.2) is 5.96 Å². The number of rotatable bonds is 6. The second-order valence-electron chi connectivity index (χ2n) is 6.36. The molecule has 1 unspecified atom stereocenters. The van der Waals surface area contributed by atoms with Crippen LogP contribution in [0.4, 0.5) is 13.2 Å². The van der Waals surface area contributed by atoms with Crippen LogP contribution in [0.5, 0.6) is 0 Å². The summed E-state index contributed by atoms with van der Waals surface area (Å²) in [6, 6.07) is 5.94. The predicted molar refractivity (Wildman–Crippen MR) is 96.7 cm³/mol. The van der Waals surface area contributed by atoms with E-state index in [0.29, 0.717) is 38.6 Å². The number of sulfonamides is 1. The number of hydrogen-bond donors (Lipinski definition) is 3. The third-order valence-electron chi connectivity index (χ3n) is 4.03. The monoisotopic (exact) mass is 407 g/mol. The number of aliphatic imine (C=N–C) groups is 1. The SMILES string of the molecule is CCNC(=NCc1ccc(S(N)(=O)=O)cc1)NC1CCN(CC(F)(F)F)C1. The van der Waals surface area contributed by atoms with Gasteiger partial charge in [0.25, 0.3) is 0 Å². The zero-order valence-corrected chi connectivity index (χ0v) is 15.8. The molecule has 0 saturated carbocycles. The molecule has 0 bridgehead atoms. The second-order valence-corrected chi connectivity index (χ2v) is 7.93. The van der Waals surface area contributed by atoms with Crippen LogP contribution in [-0.4, -0.2) is 57.7 Å². The molecule has 0 aliphatic carbocycles. The van der Waals surface area contributed by atoms with Crippen LogP contribution in [0.25, 0.3) is 0 Å². The summed E-state index contributed by atoms with van der Waals surface area (Å²) in [5.41, 5.74) is 0.782. The van der Waals surface area contributed by atoms with Gasteiger partial charge in [-0.3, -0.25) is 4.90 Å². The highest BCUT2D eigenvalue weighted by Gasteiger charge is 2.34. The Morgan fingerprint density at radius 1 is 1.33 bits per heavy atom. The van der Waals surface area contributed by atoms with E-state index < -0.39 is 22.7 Å². The van der Waals surface area contributed by atoms with Crippen LogP contribution in [-0.2, 0) is 16.6 Å². The van der Waals surface area contributed by atoms with E-state index >= 15 is 0 Å². The number of alkyl halides is 3. The highest BCUT2D eigenvalue weighted by molar-refractivity contribution is 7.89. The number of benzene rings is 1. The average molecular weight is 407 g/mol. The predicted octanol–water partition coefficient (Wildman–Crippen LogP) is 1.03. The minimum atomic E-state index is -4.20. The van der Waals surface area contributed by atoms with Crippen molar-refractivity contribution in [2.24, 2.45) is 10.1 Å². The summed E-state index contributed by atoms with van der Waals surface area (Å²) in [7, 11) is -3.74. The molecule has 1 aliphatic heterocycles. The van der Waals surface area contributed by atoms with E-state index in [4.69, 9.17) is 5.14 Å². The molecular weight excluding hydrogens is 383 g/mol. The lowest BCUT2D eigenvalue weighted by molar-refractivity contribution is -0.143. The number of nitrogens with two attached hydrogens (primary N) is 1. The van der Waals surface area contributed by atoms with Gasteiger partial charge in [-0.15, -0.1) is 0 Å². The van der Waals surface area contributed by atoms with Crippen LogP contribution >= 0.6 is 0 Å². The molecule has 4 N–H and O–H groups in total. The highest BCUT2D eigenvalue weighted by Crippen LogP contribution is 2.20. The van der Waals surface area contributed by atoms with Gasteiger partial charge in [-0.05, 0) is 31.0 Å². The molecule has 152 valence electrons. The van der Waals surface area contributed by atoms with Crippen LogP contribution in [0, 0.1) is 0 Å². The van der Waals surface area contributed by atoms with Gasteiger partial charge in [0, 0.05) is 25.7 Å². The molecule has 1 saturated heterocycles. The first-order valence-corrected chi connectivity index (χ1v) is 10.1. The van der Waals surface area contributed by atoms with Crippen molar-refractivity contribution in [3.05, 3.63) is 29.8 Å². The number of halogens is 3. The molecule has 7 nitrogen and oxygen atoms in total. The third kappa shape index (κ3) is 7.35. The van der Waals surface area contributed by atoms with Crippen molar-refractivity contribution in [2.75, 3.05) is 26.2 Å². The maximum atomic E-state index is 12.5. The fraction of sp³-hybridized carbons (Fsp3) is 0.562. The summed E-state index contributed by atoms with van der Waals surface area (Å²) in [5.74, 6) is 0.506. The van der Waals surface area contributed by atoms with E-state index in [1.807, 2.05) is 6.92 Å². The molecule has 1 fully saturated rings. The molecule has 1 heterocycles. The molecule has 1 atom stereocenters. The van der Waals surface area contributed by atoms with Crippen molar-refractivity contribution in [3.8, 4) is 0 Å². The molecule has 0 radical (unpaired) electrons. The second kappa shape index (κ2) is 8.89. The number of nitrogens with one attached hydrogen (secondary N) is 2. The number of primary sulfonamides is 1. The summed E-state index contributed by atoms with van der Waals surface area (Å²) in [6.45, 7) is 2.56. The summed E-state index contributed by atoms with van der Waals surface area (Å²) in [5, 5.41) is 11.3. The molecule has 1 aromatic carbocycles. The van der Waals surface area contributed by atoms with Crippen molar-refractivity contribution in [3.63, 3.8) is 0 Å². The van der Waals surface area contributed by atoms with Gasteiger partial charge >= 0.3 is 6.18 Å². The minimum Gasteiger partial charge on any atom is -0.357 e. The Kier molecular flexibility index (Phi) is 7.06. The first-order valence-electron chi connectivity index (χ1n) is 8.52. The van der Waals surface area contributed by atoms with Gasteiger partial charge in [-0.1, -0.05) is 12.1 Å². The number of nitrogens with zero attached hydrogens (tertiary/aromatic N) is 2. The first kappa shape index (κ1) is 21.5. The van der Waals surface area contributed by atoms with Crippen molar-refractivity contribution >= 4 is 16.0 Å². The molecule has 0 aromatic heterocycles. The Hall–Kier alpha value is -1.85. The van der Waals surface area contributed by atoms with Crippen LogP contribution in [0.1, 0.15) is 18.9 Å². The van der Waals surface area contributed by atoms with Gasteiger partial charge in [0.1, 0.15) is 0 Å². The summed E-state index contributed by atoms with van der Waals surface area (Å²) >= 11 is 0. The Labute approximate surface area is 156 Å². The van der Waals surface area contributed by atoms with Crippen LogP contribution in [0.15, 0.2) is 34.2 Å². The van der Waals surface area contributed by atoms with Crippen molar-refractivity contribution in [1.82, 2.24) is 15.5 Å². The topological polar surface area (TPSA) is 99.8 Å². The van der Waals surface area contributed by atoms with E-state index in [1.165, 1.54) is 17.0 Å². The van der Waals surface area contributed by atoms with Crippen LogP contribution in [0.3, 0.4) is 0 Å². The van der Waals surface area contributed by atoms with Gasteiger partial charge in [0.2, 0.25) is 10.0 Å². The van der Waals surface area contributed by atoms with E-state index in [1.54, 1.807) is 12.1 Å². The lowest BCUT2D eigenvalue weighted by atomic mass is 10.2. The Balaban J connectivity index is 1.94. The molecular formula is C16H24F3N5O2S. The van der Waals surface area contributed by atoms with E-state index in [9.17, 15) is 21.6 Å². The van der Waals surface area contributed by atoms with Crippen molar-refractivity contribution < 1.29 is 21.6 Å². The zero-order chi connectivity index (χ0) is 20.1. The Morgan fingerprint density at radius 3 is 2.56 bits per heavy atom. The van der Waals surface area contributed by atoms with Crippen LogP contribution in [0.2, 0.25) is 0 Å². The molecule has 0 spiro atoms. The number of guanidine groups is 1. The highest BCUT2D eigenvalue weighted by atomic mass is 32.2. The fourth-order valence-electron chi connectivity index (χ4n) is 2.82. The zero-order valence-electron chi connectivity index (χ0n) is 15.0. The average Bonchev–Trinajstić information content (AvgIpc) is 2.97. The number of likely N-dealkylation sites (tertiary alicyclic amines) is 1. The minimum absolute atomic E-state index is 0.0240. The standard InChI is InChI=1S/C16H24F3N5O2S/c1-2-21-15(23-13-7-8-24(10-13)11-16(17,18)19)22-9-12-3-5-14(6-4-12)27(20,25)26/h3-6,13H,2,7-11H2,1H3,(H2,20,25,26)(H2,21,22,23). The Bertz CT molecular complexity index is 750. The van der Waals surface area contributed by atoms with Gasteiger partial charge in [-0.25, -0.2) is 18.5 Å². The maximum absolute atomic E-state index is 12.5. The molecule has 0 amide bonds.